The summed E-state index contributed by atoms with van der Waals surface area (Å²) in [5, 5.41) is 8.84. The van der Waals surface area contributed by atoms with Gasteiger partial charge in [-0.05, 0) is 24.7 Å². The zero-order chi connectivity index (χ0) is 10.6. The maximum Gasteiger partial charge on any atom is 0.124 e. The van der Waals surface area contributed by atoms with E-state index < -0.39 is 0 Å². The van der Waals surface area contributed by atoms with E-state index >= 15 is 0 Å². The van der Waals surface area contributed by atoms with E-state index in [4.69, 9.17) is 16.9 Å². The zero-order valence-electron chi connectivity index (χ0n) is 7.80. The third-order valence-corrected chi connectivity index (χ3v) is 2.15. The average molecular weight is 213 g/mol. The average Bonchev–Trinajstić information content (AvgIpc) is 2.10. The fourth-order valence-electron chi connectivity index (χ4n) is 1.12. The van der Waals surface area contributed by atoms with Crippen LogP contribution in [0.15, 0.2) is 18.2 Å². The normalized spacial score (nSPS) is 10.2. The highest BCUT2D eigenvalue weighted by Gasteiger charge is 2.04. The molecule has 2 nitrogen and oxygen atoms in total. The van der Waals surface area contributed by atoms with Gasteiger partial charge in [-0.15, -0.1) is 0 Å². The quantitative estimate of drug-likeness (QED) is 0.720. The van der Waals surface area contributed by atoms with E-state index in [9.17, 15) is 4.39 Å². The smallest absolute Gasteiger partial charge is 0.124 e. The number of hydrogen-bond donors (Lipinski definition) is 0. The molecular weight excluding hydrogens is 203 g/mol. The first kappa shape index (κ1) is 11.0. The number of halogens is 2. The molecule has 4 heteroatoms. The second-order valence-corrected chi connectivity index (χ2v) is 3.47. The molecule has 14 heavy (non-hydrogen) atoms. The fraction of sp³-hybridized carbons (Fsp3) is 0.300. The largest absolute Gasteiger partial charge is 0.289 e. The van der Waals surface area contributed by atoms with Crippen LogP contribution in [0.3, 0.4) is 0 Å². The monoisotopic (exact) mass is 212 g/mol. The van der Waals surface area contributed by atoms with Crippen LogP contribution in [0.1, 0.15) is 5.56 Å². The SMILES string of the molecule is CN(CC#N)Cc1ccc(F)cc1Cl. The van der Waals surface area contributed by atoms with Crippen LogP contribution in [0.4, 0.5) is 4.39 Å². The van der Waals surface area contributed by atoms with Gasteiger partial charge >= 0.3 is 0 Å². The maximum absolute atomic E-state index is 12.7. The van der Waals surface area contributed by atoms with Gasteiger partial charge in [-0.25, -0.2) is 4.39 Å². The second-order valence-electron chi connectivity index (χ2n) is 3.07. The molecule has 0 amide bonds. The van der Waals surface area contributed by atoms with Gasteiger partial charge in [0.1, 0.15) is 5.82 Å². The van der Waals surface area contributed by atoms with Crippen molar-refractivity contribution in [3.63, 3.8) is 0 Å². The van der Waals surface area contributed by atoms with Crippen molar-refractivity contribution < 1.29 is 4.39 Å². The minimum Gasteiger partial charge on any atom is -0.289 e. The van der Waals surface area contributed by atoms with E-state index in [-0.39, 0.29) is 5.82 Å². The van der Waals surface area contributed by atoms with Crippen LogP contribution < -0.4 is 0 Å². The van der Waals surface area contributed by atoms with Crippen LogP contribution >= 0.6 is 11.6 Å². The molecule has 0 heterocycles. The number of nitrogens with zero attached hydrogens (tertiary/aromatic N) is 2. The summed E-state index contributed by atoms with van der Waals surface area (Å²) in [6, 6.07) is 6.30. The molecular formula is C10H10ClFN2. The molecule has 0 aromatic heterocycles. The summed E-state index contributed by atoms with van der Waals surface area (Å²) in [4.78, 5) is 1.80. The third kappa shape index (κ3) is 2.99. The van der Waals surface area contributed by atoms with Crippen molar-refractivity contribution in [2.24, 2.45) is 0 Å². The molecule has 1 aromatic rings. The van der Waals surface area contributed by atoms with Gasteiger partial charge in [-0.3, -0.25) is 4.90 Å². The number of nitriles is 1. The van der Waals surface area contributed by atoms with Crippen LogP contribution in [0.25, 0.3) is 0 Å². The molecule has 0 atom stereocenters. The summed E-state index contributed by atoms with van der Waals surface area (Å²) in [5.41, 5.74) is 0.825. The molecule has 0 bridgehead atoms. The molecule has 0 saturated carbocycles. The summed E-state index contributed by atoms with van der Waals surface area (Å²) in [6.45, 7) is 0.875. The molecule has 1 rings (SSSR count). The van der Waals surface area contributed by atoms with E-state index in [1.807, 2.05) is 13.1 Å². The van der Waals surface area contributed by atoms with Crippen molar-refractivity contribution >= 4 is 11.6 Å². The Hall–Kier alpha value is -1.11. The number of hydrogen-bond acceptors (Lipinski definition) is 2. The standard InChI is InChI=1S/C10H10ClFN2/c1-14(5-4-13)7-8-2-3-9(12)6-10(8)11/h2-3,6H,5,7H2,1H3. The Labute approximate surface area is 87.5 Å². The van der Waals surface area contributed by atoms with Crippen molar-refractivity contribution in [2.45, 2.75) is 6.54 Å². The van der Waals surface area contributed by atoms with Gasteiger partial charge in [0.05, 0.1) is 12.6 Å². The van der Waals surface area contributed by atoms with Crippen LogP contribution in [0.2, 0.25) is 5.02 Å². The highest BCUT2D eigenvalue weighted by molar-refractivity contribution is 6.31. The zero-order valence-corrected chi connectivity index (χ0v) is 8.55. The number of rotatable bonds is 3. The Morgan fingerprint density at radius 2 is 2.29 bits per heavy atom. The van der Waals surface area contributed by atoms with Crippen molar-refractivity contribution in [1.29, 1.82) is 5.26 Å². The van der Waals surface area contributed by atoms with Crippen molar-refractivity contribution in [3.05, 3.63) is 34.6 Å². The predicted octanol–water partition coefficient (Wildman–Crippen LogP) is 2.43. The van der Waals surface area contributed by atoms with Crippen LogP contribution in [0.5, 0.6) is 0 Å². The molecule has 74 valence electrons. The Kier molecular flexibility index (Phi) is 3.87. The van der Waals surface area contributed by atoms with E-state index in [0.29, 0.717) is 18.1 Å². The molecule has 0 fully saturated rings. The summed E-state index contributed by atoms with van der Waals surface area (Å²) in [6.07, 6.45) is 0. The minimum absolute atomic E-state index is 0.327. The first-order chi connectivity index (χ1) is 6.63. The van der Waals surface area contributed by atoms with Crippen LogP contribution in [0, 0.1) is 17.1 Å². The minimum atomic E-state index is -0.346. The maximum atomic E-state index is 12.7. The van der Waals surface area contributed by atoms with Gasteiger partial charge < -0.3 is 0 Å². The van der Waals surface area contributed by atoms with Crippen LogP contribution in [-0.4, -0.2) is 18.5 Å². The number of benzene rings is 1. The summed E-state index contributed by atoms with van der Waals surface area (Å²) in [7, 11) is 1.81. The summed E-state index contributed by atoms with van der Waals surface area (Å²) in [5.74, 6) is -0.346. The van der Waals surface area contributed by atoms with Gasteiger partial charge in [0, 0.05) is 11.6 Å². The second kappa shape index (κ2) is 4.94. The van der Waals surface area contributed by atoms with E-state index in [0.717, 1.165) is 5.56 Å². The van der Waals surface area contributed by atoms with Crippen molar-refractivity contribution in [1.82, 2.24) is 4.90 Å². The van der Waals surface area contributed by atoms with Gasteiger partial charge in [0.25, 0.3) is 0 Å². The first-order valence-electron chi connectivity index (χ1n) is 4.13. The molecule has 0 spiro atoms. The van der Waals surface area contributed by atoms with Crippen molar-refractivity contribution in [2.75, 3.05) is 13.6 Å². The Morgan fingerprint density at radius 3 is 2.86 bits per heavy atom. The molecule has 0 N–H and O–H groups in total. The Morgan fingerprint density at radius 1 is 1.57 bits per heavy atom. The lowest BCUT2D eigenvalue weighted by Gasteiger charge is -2.13. The summed E-state index contributed by atoms with van der Waals surface area (Å²) >= 11 is 5.82. The predicted molar refractivity (Wildman–Crippen MR) is 53.4 cm³/mol. The summed E-state index contributed by atoms with van der Waals surface area (Å²) < 4.78 is 12.7. The molecule has 0 radical (unpaired) electrons. The Bertz CT molecular complexity index is 360. The third-order valence-electron chi connectivity index (χ3n) is 1.80. The molecule has 0 saturated heterocycles. The molecule has 0 aliphatic carbocycles. The van der Waals surface area contributed by atoms with Gasteiger partial charge in [0.2, 0.25) is 0 Å². The van der Waals surface area contributed by atoms with Gasteiger partial charge in [-0.1, -0.05) is 17.7 Å². The van der Waals surface area contributed by atoms with Crippen molar-refractivity contribution in [3.8, 4) is 6.07 Å². The topological polar surface area (TPSA) is 27.0 Å². The fourth-order valence-corrected chi connectivity index (χ4v) is 1.34. The lowest BCUT2D eigenvalue weighted by Crippen LogP contribution is -2.17. The Balaban J connectivity index is 2.73. The highest BCUT2D eigenvalue weighted by Crippen LogP contribution is 2.18. The first-order valence-corrected chi connectivity index (χ1v) is 4.50. The van der Waals surface area contributed by atoms with Gasteiger partial charge in [-0.2, -0.15) is 5.26 Å². The van der Waals surface area contributed by atoms with Gasteiger partial charge in [0.15, 0.2) is 0 Å². The van der Waals surface area contributed by atoms with E-state index in [1.54, 1.807) is 11.0 Å². The molecule has 1 aromatic carbocycles. The van der Waals surface area contributed by atoms with E-state index in [2.05, 4.69) is 0 Å². The molecule has 0 aliphatic heterocycles. The lowest BCUT2D eigenvalue weighted by atomic mass is 10.2. The highest BCUT2D eigenvalue weighted by atomic mass is 35.5. The van der Waals surface area contributed by atoms with E-state index in [1.165, 1.54) is 12.1 Å². The molecule has 0 aliphatic rings. The van der Waals surface area contributed by atoms with Crippen LogP contribution in [-0.2, 0) is 6.54 Å². The lowest BCUT2D eigenvalue weighted by molar-refractivity contribution is 0.367. The molecule has 0 unspecified atom stereocenters.